The van der Waals surface area contributed by atoms with Gasteiger partial charge in [0.25, 0.3) is 0 Å². The van der Waals surface area contributed by atoms with Gasteiger partial charge >= 0.3 is 0 Å². The molecular formula is C22H25N3O2. The van der Waals surface area contributed by atoms with Gasteiger partial charge in [-0.2, -0.15) is 0 Å². The zero-order chi connectivity index (χ0) is 19.4. The number of nitrogens with zero attached hydrogens (tertiary/aromatic N) is 2. The van der Waals surface area contributed by atoms with Crippen molar-refractivity contribution in [1.82, 2.24) is 9.88 Å². The van der Waals surface area contributed by atoms with Crippen LogP contribution in [-0.4, -0.2) is 28.2 Å². The molecule has 2 heterocycles. The zero-order valence-electron chi connectivity index (χ0n) is 15.9. The lowest BCUT2D eigenvalue weighted by Crippen LogP contribution is -2.35. The van der Waals surface area contributed by atoms with Gasteiger partial charge in [-0.25, -0.2) is 0 Å². The minimum atomic E-state index is -0.0834. The summed E-state index contributed by atoms with van der Waals surface area (Å²) in [6.45, 7) is 8.97. The zero-order valence-corrected chi connectivity index (χ0v) is 15.9. The number of anilines is 1. The first-order chi connectivity index (χ1) is 13.0. The van der Waals surface area contributed by atoms with Crippen molar-refractivity contribution < 1.29 is 9.59 Å². The highest BCUT2D eigenvalue weighted by Gasteiger charge is 2.20. The van der Waals surface area contributed by atoms with Gasteiger partial charge in [0.2, 0.25) is 11.8 Å². The van der Waals surface area contributed by atoms with Crippen molar-refractivity contribution in [1.29, 1.82) is 0 Å². The van der Waals surface area contributed by atoms with E-state index in [1.807, 2.05) is 18.2 Å². The van der Waals surface area contributed by atoms with Crippen LogP contribution < -0.4 is 5.32 Å². The first-order valence-corrected chi connectivity index (χ1v) is 9.24. The topological polar surface area (TPSA) is 62.3 Å². The molecule has 0 aliphatic carbocycles. The molecule has 0 unspecified atom stereocenters. The highest BCUT2D eigenvalue weighted by molar-refractivity contribution is 5.92. The largest absolute Gasteiger partial charge is 0.334 e. The molecule has 0 saturated carbocycles. The average Bonchev–Trinajstić information content (AvgIpc) is 2.67. The molecule has 1 aliphatic heterocycles. The van der Waals surface area contributed by atoms with Crippen LogP contribution in [0.4, 0.5) is 5.69 Å². The van der Waals surface area contributed by atoms with Crippen molar-refractivity contribution in [3.05, 3.63) is 71.6 Å². The lowest BCUT2D eigenvalue weighted by atomic mass is 10.0. The third kappa shape index (κ3) is 4.61. The van der Waals surface area contributed by atoms with Gasteiger partial charge in [0.15, 0.2) is 0 Å². The third-order valence-electron chi connectivity index (χ3n) is 4.82. The highest BCUT2D eigenvalue weighted by Crippen LogP contribution is 2.21. The Labute approximate surface area is 160 Å². The van der Waals surface area contributed by atoms with Crippen molar-refractivity contribution >= 4 is 17.5 Å². The summed E-state index contributed by atoms with van der Waals surface area (Å²) in [6.07, 6.45) is 4.04. The number of fused-ring (bicyclic) bond motifs is 1. The number of benzene rings is 1. The van der Waals surface area contributed by atoms with E-state index in [1.165, 1.54) is 11.6 Å². The van der Waals surface area contributed by atoms with Crippen LogP contribution in [0.2, 0.25) is 0 Å². The summed E-state index contributed by atoms with van der Waals surface area (Å²) in [7, 11) is 0. The van der Waals surface area contributed by atoms with Gasteiger partial charge in [-0.1, -0.05) is 44.7 Å². The van der Waals surface area contributed by atoms with Crippen LogP contribution in [0, 0.1) is 0 Å². The van der Waals surface area contributed by atoms with Crippen molar-refractivity contribution in [3.8, 4) is 0 Å². The fourth-order valence-electron chi connectivity index (χ4n) is 3.22. The molecule has 5 heteroatoms. The van der Waals surface area contributed by atoms with Crippen LogP contribution >= 0.6 is 0 Å². The molecule has 0 spiro atoms. The van der Waals surface area contributed by atoms with Crippen LogP contribution in [0.25, 0.3) is 0 Å². The Morgan fingerprint density at radius 2 is 2.04 bits per heavy atom. The molecule has 1 aromatic heterocycles. The average molecular weight is 363 g/mol. The molecule has 5 nitrogen and oxygen atoms in total. The van der Waals surface area contributed by atoms with Crippen molar-refractivity contribution in [2.24, 2.45) is 0 Å². The van der Waals surface area contributed by atoms with Crippen LogP contribution in [0.5, 0.6) is 0 Å². The van der Waals surface area contributed by atoms with E-state index < -0.39 is 0 Å². The summed E-state index contributed by atoms with van der Waals surface area (Å²) in [5.41, 5.74) is 4.84. The van der Waals surface area contributed by atoms with Crippen molar-refractivity contribution in [2.45, 2.75) is 39.2 Å². The second-order valence-corrected chi connectivity index (χ2v) is 7.16. The van der Waals surface area contributed by atoms with Crippen molar-refractivity contribution in [3.63, 3.8) is 0 Å². The molecule has 0 radical (unpaired) electrons. The van der Waals surface area contributed by atoms with Crippen LogP contribution in [0.15, 0.2) is 49.2 Å². The van der Waals surface area contributed by atoms with Gasteiger partial charge < -0.3 is 10.2 Å². The number of nitrogens with one attached hydrogen (secondary N) is 1. The molecule has 3 rings (SSSR count). The van der Waals surface area contributed by atoms with E-state index in [0.29, 0.717) is 37.5 Å². The number of hydrogen-bond acceptors (Lipinski definition) is 3. The number of aromatic nitrogens is 1. The monoisotopic (exact) mass is 363 g/mol. The summed E-state index contributed by atoms with van der Waals surface area (Å²) in [5, 5.41) is 2.91. The van der Waals surface area contributed by atoms with E-state index in [2.05, 4.69) is 42.9 Å². The molecule has 1 aromatic carbocycles. The second kappa shape index (κ2) is 8.16. The maximum Gasteiger partial charge on any atom is 0.246 e. The molecule has 0 saturated heterocycles. The standard InChI is InChI=1S/C22H25N3O2/c1-4-22(27)25-10-9-20-18(14-25)12-19(13-23-20)24-21(26)11-16-5-7-17(8-6-16)15(2)3/h4-8,12-13,15H,1,9-11,14H2,2-3H3,(H,24,26). The smallest absolute Gasteiger partial charge is 0.246 e. The molecule has 1 aliphatic rings. The summed E-state index contributed by atoms with van der Waals surface area (Å²) < 4.78 is 0. The quantitative estimate of drug-likeness (QED) is 0.828. The predicted molar refractivity (Wildman–Crippen MR) is 106 cm³/mol. The maximum absolute atomic E-state index is 12.4. The van der Waals surface area contributed by atoms with E-state index in [0.717, 1.165) is 16.8 Å². The minimum Gasteiger partial charge on any atom is -0.334 e. The van der Waals surface area contributed by atoms with Gasteiger partial charge in [-0.05, 0) is 34.8 Å². The van der Waals surface area contributed by atoms with Gasteiger partial charge in [-0.3, -0.25) is 14.6 Å². The van der Waals surface area contributed by atoms with E-state index in [1.54, 1.807) is 11.1 Å². The molecule has 2 amide bonds. The van der Waals surface area contributed by atoms with E-state index in [4.69, 9.17) is 0 Å². The van der Waals surface area contributed by atoms with Gasteiger partial charge in [0, 0.05) is 25.2 Å². The molecule has 27 heavy (non-hydrogen) atoms. The summed E-state index contributed by atoms with van der Waals surface area (Å²) in [4.78, 5) is 30.4. The fourth-order valence-corrected chi connectivity index (χ4v) is 3.22. The SMILES string of the molecule is C=CC(=O)N1CCc2ncc(NC(=O)Cc3ccc(C(C)C)cc3)cc2C1. The minimum absolute atomic E-state index is 0.0797. The van der Waals surface area contributed by atoms with Gasteiger partial charge in [0.1, 0.15) is 0 Å². The Morgan fingerprint density at radius 1 is 1.30 bits per heavy atom. The Morgan fingerprint density at radius 3 is 2.70 bits per heavy atom. The summed E-state index contributed by atoms with van der Waals surface area (Å²) in [6, 6.07) is 10.0. The number of carbonyl (C=O) groups is 2. The van der Waals surface area contributed by atoms with Crippen LogP contribution in [0.1, 0.15) is 42.1 Å². The summed E-state index contributed by atoms with van der Waals surface area (Å²) >= 11 is 0. The van der Waals surface area contributed by atoms with E-state index >= 15 is 0 Å². The Hall–Kier alpha value is -2.95. The molecule has 0 bridgehead atoms. The second-order valence-electron chi connectivity index (χ2n) is 7.16. The Bertz CT molecular complexity index is 856. The van der Waals surface area contributed by atoms with Crippen LogP contribution in [0.3, 0.4) is 0 Å². The number of hydrogen-bond donors (Lipinski definition) is 1. The van der Waals surface area contributed by atoms with E-state index in [9.17, 15) is 9.59 Å². The lowest BCUT2D eigenvalue weighted by molar-refractivity contribution is -0.126. The summed E-state index contributed by atoms with van der Waals surface area (Å²) in [5.74, 6) is 0.311. The maximum atomic E-state index is 12.4. The van der Waals surface area contributed by atoms with E-state index in [-0.39, 0.29) is 11.8 Å². The van der Waals surface area contributed by atoms with Gasteiger partial charge in [-0.15, -0.1) is 0 Å². The molecule has 0 fully saturated rings. The highest BCUT2D eigenvalue weighted by atomic mass is 16.2. The lowest BCUT2D eigenvalue weighted by Gasteiger charge is -2.27. The Balaban J connectivity index is 1.65. The number of amides is 2. The molecule has 140 valence electrons. The van der Waals surface area contributed by atoms with Crippen molar-refractivity contribution in [2.75, 3.05) is 11.9 Å². The normalized spacial score (nSPS) is 13.2. The fraction of sp³-hybridized carbons (Fsp3) is 0.318. The number of rotatable bonds is 5. The predicted octanol–water partition coefficient (Wildman–Crippen LogP) is 3.46. The first-order valence-electron chi connectivity index (χ1n) is 9.24. The number of pyridine rings is 1. The van der Waals surface area contributed by atoms with Crippen LogP contribution in [-0.2, 0) is 29.0 Å². The first kappa shape index (κ1) is 18.8. The Kier molecular flexibility index (Phi) is 5.69. The third-order valence-corrected chi connectivity index (χ3v) is 4.82. The molecule has 2 aromatic rings. The number of carbonyl (C=O) groups excluding carboxylic acids is 2. The molecule has 0 atom stereocenters. The molecular weight excluding hydrogens is 338 g/mol. The molecule has 1 N–H and O–H groups in total. The van der Waals surface area contributed by atoms with Gasteiger partial charge in [0.05, 0.1) is 18.3 Å².